The van der Waals surface area contributed by atoms with Crippen LogP contribution in [0.15, 0.2) is 35.3 Å². The molecule has 1 heterocycles. The first-order valence-electron chi connectivity index (χ1n) is 10.7. The molecule has 6 heteroatoms. The third kappa shape index (κ3) is 5.96. The van der Waals surface area contributed by atoms with E-state index in [-0.39, 0.29) is 11.8 Å². The maximum atomic E-state index is 11.8. The van der Waals surface area contributed by atoms with Crippen molar-refractivity contribution in [3.8, 4) is 0 Å². The lowest BCUT2D eigenvalue weighted by Gasteiger charge is -2.24. The van der Waals surface area contributed by atoms with E-state index in [1.807, 2.05) is 7.05 Å². The summed E-state index contributed by atoms with van der Waals surface area (Å²) in [5.74, 6) is 1.35. The predicted octanol–water partition coefficient (Wildman–Crippen LogP) is 2.12. The van der Waals surface area contributed by atoms with Crippen LogP contribution < -0.4 is 16.0 Å². The summed E-state index contributed by atoms with van der Waals surface area (Å²) in [5.41, 5.74) is 1.36. The van der Waals surface area contributed by atoms with Gasteiger partial charge in [0, 0.05) is 51.2 Å². The molecule has 0 aromatic heterocycles. The highest BCUT2D eigenvalue weighted by atomic mass is 16.1. The van der Waals surface area contributed by atoms with E-state index in [0.29, 0.717) is 12.1 Å². The van der Waals surface area contributed by atoms with Crippen LogP contribution in [0.1, 0.15) is 44.6 Å². The number of guanidine groups is 1. The quantitative estimate of drug-likeness (QED) is 0.364. The molecule has 0 radical (unpaired) electrons. The minimum atomic E-state index is 0.229. The van der Waals surface area contributed by atoms with Gasteiger partial charge in [-0.2, -0.15) is 0 Å². The molecule has 1 aromatic rings. The number of nitrogens with one attached hydrogen (secondary N) is 3. The summed E-state index contributed by atoms with van der Waals surface area (Å²) in [5, 5.41) is 9.97. The third-order valence-corrected chi connectivity index (χ3v) is 5.92. The van der Waals surface area contributed by atoms with Crippen molar-refractivity contribution < 1.29 is 4.79 Å². The van der Waals surface area contributed by atoms with Crippen LogP contribution in [-0.4, -0.2) is 55.5 Å². The normalized spacial score (nSPS) is 23.3. The Balaban J connectivity index is 1.33. The first kappa shape index (κ1) is 20.6. The fourth-order valence-electron chi connectivity index (χ4n) is 3.95. The number of likely N-dealkylation sites (tertiary alicyclic amines) is 1. The van der Waals surface area contributed by atoms with E-state index in [4.69, 9.17) is 0 Å². The van der Waals surface area contributed by atoms with Gasteiger partial charge >= 0.3 is 0 Å². The molecule has 2 aliphatic rings. The number of carbonyl (C=O) groups excluding carboxylic acids is 1. The number of hydrogen-bond acceptors (Lipinski definition) is 3. The molecule has 1 saturated carbocycles. The molecule has 2 fully saturated rings. The van der Waals surface area contributed by atoms with Crippen molar-refractivity contribution >= 4 is 11.9 Å². The number of hydrogen-bond donors (Lipinski definition) is 3. The second-order valence-electron chi connectivity index (χ2n) is 8.11. The summed E-state index contributed by atoms with van der Waals surface area (Å²) in [6, 6.07) is 11.6. The van der Waals surface area contributed by atoms with Crippen molar-refractivity contribution in [3.05, 3.63) is 35.9 Å². The highest BCUT2D eigenvalue weighted by molar-refractivity contribution is 5.80. The highest BCUT2D eigenvalue weighted by Crippen LogP contribution is 2.26. The first-order chi connectivity index (χ1) is 13.7. The van der Waals surface area contributed by atoms with Crippen LogP contribution >= 0.6 is 0 Å². The lowest BCUT2D eigenvalue weighted by molar-refractivity contribution is -0.127. The summed E-state index contributed by atoms with van der Waals surface area (Å²) in [7, 11) is 1.81. The van der Waals surface area contributed by atoms with E-state index in [1.165, 1.54) is 12.0 Å². The van der Waals surface area contributed by atoms with Gasteiger partial charge in [0.25, 0.3) is 0 Å². The Morgan fingerprint density at radius 3 is 2.61 bits per heavy atom. The molecule has 3 rings (SSSR count). The fraction of sp³-hybridized carbons (Fsp3) is 0.636. The van der Waals surface area contributed by atoms with Crippen LogP contribution in [0, 0.1) is 5.92 Å². The van der Waals surface area contributed by atoms with Gasteiger partial charge in [0.05, 0.1) is 0 Å². The molecule has 2 unspecified atom stereocenters. The van der Waals surface area contributed by atoms with Crippen molar-refractivity contribution in [2.24, 2.45) is 10.9 Å². The largest absolute Gasteiger partial charge is 0.356 e. The van der Waals surface area contributed by atoms with E-state index in [9.17, 15) is 4.79 Å². The molecule has 1 amide bonds. The number of aliphatic imine (C=N–C) groups is 1. The lowest BCUT2D eigenvalue weighted by Crippen LogP contribution is -2.45. The monoisotopic (exact) mass is 385 g/mol. The van der Waals surface area contributed by atoms with Gasteiger partial charge in [0.1, 0.15) is 0 Å². The minimum absolute atomic E-state index is 0.229. The zero-order valence-electron chi connectivity index (χ0n) is 17.3. The van der Waals surface area contributed by atoms with E-state index >= 15 is 0 Å². The number of carbonyl (C=O) groups is 1. The molecule has 0 spiro atoms. The van der Waals surface area contributed by atoms with Gasteiger partial charge < -0.3 is 16.0 Å². The molecule has 1 saturated heterocycles. The fourth-order valence-corrected chi connectivity index (χ4v) is 3.95. The van der Waals surface area contributed by atoms with Gasteiger partial charge in [-0.15, -0.1) is 0 Å². The van der Waals surface area contributed by atoms with Crippen LogP contribution in [0.4, 0.5) is 0 Å². The molecule has 28 heavy (non-hydrogen) atoms. The second-order valence-corrected chi connectivity index (χ2v) is 8.11. The van der Waals surface area contributed by atoms with Crippen LogP contribution in [0.2, 0.25) is 0 Å². The molecule has 1 aromatic carbocycles. The van der Waals surface area contributed by atoms with Crippen molar-refractivity contribution in [1.29, 1.82) is 0 Å². The summed E-state index contributed by atoms with van der Waals surface area (Å²) >= 11 is 0. The number of benzene rings is 1. The van der Waals surface area contributed by atoms with Gasteiger partial charge in [-0.05, 0) is 38.2 Å². The predicted molar refractivity (Wildman–Crippen MR) is 114 cm³/mol. The Morgan fingerprint density at radius 2 is 1.93 bits per heavy atom. The average Bonchev–Trinajstić information content (AvgIpc) is 2.99. The lowest BCUT2D eigenvalue weighted by atomic mass is 9.85. The standard InChI is InChI=1S/C22H35N5O/c1-17-14-20(16-27(17)15-18-8-4-3-5-9-18)26-22(23-2)25-13-7-12-24-21(28)19-10-6-11-19/h3-5,8-9,17,19-20H,6-7,10-16H2,1-2H3,(H,24,28)(H2,23,25,26). The molecule has 2 atom stereocenters. The molecule has 1 aliphatic carbocycles. The summed E-state index contributed by atoms with van der Waals surface area (Å²) in [6.07, 6.45) is 5.33. The van der Waals surface area contributed by atoms with Crippen molar-refractivity contribution in [2.45, 2.75) is 57.7 Å². The van der Waals surface area contributed by atoms with Crippen molar-refractivity contribution in [2.75, 3.05) is 26.7 Å². The Kier molecular flexibility index (Phi) is 7.71. The summed E-state index contributed by atoms with van der Waals surface area (Å²) in [6.45, 7) is 5.85. The molecule has 6 nitrogen and oxygen atoms in total. The molecule has 0 bridgehead atoms. The molecule has 1 aliphatic heterocycles. The summed E-state index contributed by atoms with van der Waals surface area (Å²) in [4.78, 5) is 18.7. The van der Waals surface area contributed by atoms with Crippen LogP contribution in [0.25, 0.3) is 0 Å². The number of rotatable bonds is 8. The molecule has 3 N–H and O–H groups in total. The van der Waals surface area contributed by atoms with Crippen LogP contribution in [-0.2, 0) is 11.3 Å². The van der Waals surface area contributed by atoms with E-state index in [2.05, 4.69) is 63.1 Å². The topological polar surface area (TPSA) is 68.8 Å². The maximum absolute atomic E-state index is 11.8. The van der Waals surface area contributed by atoms with Gasteiger partial charge in [0.2, 0.25) is 5.91 Å². The average molecular weight is 386 g/mol. The zero-order valence-corrected chi connectivity index (χ0v) is 17.3. The van der Waals surface area contributed by atoms with Crippen molar-refractivity contribution in [1.82, 2.24) is 20.9 Å². The van der Waals surface area contributed by atoms with Gasteiger partial charge in [-0.25, -0.2) is 0 Å². The number of amides is 1. The Hall–Kier alpha value is -2.08. The van der Waals surface area contributed by atoms with Crippen LogP contribution in [0.5, 0.6) is 0 Å². The van der Waals surface area contributed by atoms with Gasteiger partial charge in [-0.1, -0.05) is 36.8 Å². The maximum Gasteiger partial charge on any atom is 0.223 e. The second kappa shape index (κ2) is 10.5. The molecule has 154 valence electrons. The van der Waals surface area contributed by atoms with Gasteiger partial charge in [-0.3, -0.25) is 14.7 Å². The van der Waals surface area contributed by atoms with E-state index in [1.54, 1.807) is 0 Å². The van der Waals surface area contributed by atoms with Crippen LogP contribution in [0.3, 0.4) is 0 Å². The number of nitrogens with zero attached hydrogens (tertiary/aromatic N) is 2. The molecular formula is C22H35N5O. The smallest absolute Gasteiger partial charge is 0.223 e. The Bertz CT molecular complexity index is 644. The Labute approximate surface area is 169 Å². The zero-order chi connectivity index (χ0) is 19.8. The molecular weight excluding hydrogens is 350 g/mol. The minimum Gasteiger partial charge on any atom is -0.356 e. The third-order valence-electron chi connectivity index (χ3n) is 5.92. The van der Waals surface area contributed by atoms with Crippen molar-refractivity contribution in [3.63, 3.8) is 0 Å². The van der Waals surface area contributed by atoms with Gasteiger partial charge in [0.15, 0.2) is 5.96 Å². The van der Waals surface area contributed by atoms with E-state index in [0.717, 1.165) is 57.8 Å². The summed E-state index contributed by atoms with van der Waals surface area (Å²) < 4.78 is 0. The Morgan fingerprint density at radius 1 is 1.18 bits per heavy atom. The van der Waals surface area contributed by atoms with E-state index < -0.39 is 0 Å². The highest BCUT2D eigenvalue weighted by Gasteiger charge is 2.29. The first-order valence-corrected chi connectivity index (χ1v) is 10.7. The SMILES string of the molecule is CN=C(NCCCNC(=O)C1CCC1)NC1CC(C)N(Cc2ccccc2)C1.